The van der Waals surface area contributed by atoms with Gasteiger partial charge in [-0.15, -0.1) is 0 Å². The normalized spacial score (nSPS) is 25.3. The first-order chi connectivity index (χ1) is 7.68. The predicted octanol–water partition coefficient (Wildman–Crippen LogP) is 1.00. The van der Waals surface area contributed by atoms with Crippen LogP contribution in [0.2, 0.25) is 0 Å². The van der Waals surface area contributed by atoms with E-state index in [1.54, 1.807) is 12.1 Å². The SMILES string of the molecule is NC(=O)C1CNCC(c2ccccc2F)C1. The number of hydrogen-bond acceptors (Lipinski definition) is 2. The van der Waals surface area contributed by atoms with E-state index in [1.165, 1.54) is 6.07 Å². The molecule has 2 atom stereocenters. The van der Waals surface area contributed by atoms with Crippen molar-refractivity contribution in [1.82, 2.24) is 5.32 Å². The standard InChI is InChI=1S/C12H15FN2O/c13-11-4-2-1-3-10(11)8-5-9(12(14)16)7-15-6-8/h1-4,8-9,15H,5-7H2,(H2,14,16). The highest BCUT2D eigenvalue weighted by molar-refractivity contribution is 5.77. The van der Waals surface area contributed by atoms with E-state index >= 15 is 0 Å². The Bertz CT molecular complexity index is 394. The lowest BCUT2D eigenvalue weighted by atomic mass is 9.85. The van der Waals surface area contributed by atoms with Gasteiger partial charge >= 0.3 is 0 Å². The minimum absolute atomic E-state index is 0.0347. The lowest BCUT2D eigenvalue weighted by Crippen LogP contribution is -2.41. The number of carbonyl (C=O) groups excluding carboxylic acids is 1. The van der Waals surface area contributed by atoms with Crippen LogP contribution in [0.5, 0.6) is 0 Å². The summed E-state index contributed by atoms with van der Waals surface area (Å²) in [6.45, 7) is 1.30. The van der Waals surface area contributed by atoms with Gasteiger partial charge in [0.2, 0.25) is 5.91 Å². The Morgan fingerprint density at radius 3 is 2.81 bits per heavy atom. The summed E-state index contributed by atoms with van der Waals surface area (Å²) in [6, 6.07) is 6.70. The molecule has 3 nitrogen and oxygen atoms in total. The Morgan fingerprint density at radius 1 is 1.38 bits per heavy atom. The number of nitrogens with one attached hydrogen (secondary N) is 1. The molecule has 2 rings (SSSR count). The maximum absolute atomic E-state index is 13.6. The molecule has 1 aliphatic heterocycles. The molecule has 1 aromatic carbocycles. The van der Waals surface area contributed by atoms with Gasteiger partial charge in [-0.1, -0.05) is 18.2 Å². The summed E-state index contributed by atoms with van der Waals surface area (Å²) in [4.78, 5) is 11.1. The van der Waals surface area contributed by atoms with E-state index in [0.29, 0.717) is 25.1 Å². The highest BCUT2D eigenvalue weighted by atomic mass is 19.1. The molecule has 1 saturated heterocycles. The van der Waals surface area contributed by atoms with E-state index in [4.69, 9.17) is 5.73 Å². The molecule has 1 aliphatic rings. The quantitative estimate of drug-likeness (QED) is 0.784. The zero-order valence-electron chi connectivity index (χ0n) is 8.95. The number of hydrogen-bond donors (Lipinski definition) is 2. The number of nitrogens with two attached hydrogens (primary N) is 1. The Hall–Kier alpha value is -1.42. The van der Waals surface area contributed by atoms with Gasteiger partial charge in [0.15, 0.2) is 0 Å². The van der Waals surface area contributed by atoms with Crippen LogP contribution in [0.4, 0.5) is 4.39 Å². The van der Waals surface area contributed by atoms with E-state index in [9.17, 15) is 9.18 Å². The second-order valence-corrected chi connectivity index (χ2v) is 4.21. The third-order valence-electron chi connectivity index (χ3n) is 3.10. The van der Waals surface area contributed by atoms with Gasteiger partial charge in [0.05, 0.1) is 5.92 Å². The Balaban J connectivity index is 2.16. The van der Waals surface area contributed by atoms with Gasteiger partial charge in [-0.05, 0) is 18.1 Å². The maximum atomic E-state index is 13.6. The average molecular weight is 222 g/mol. The molecule has 86 valence electrons. The minimum Gasteiger partial charge on any atom is -0.369 e. The molecule has 0 aliphatic carbocycles. The van der Waals surface area contributed by atoms with Crippen LogP contribution < -0.4 is 11.1 Å². The van der Waals surface area contributed by atoms with E-state index in [0.717, 1.165) is 0 Å². The van der Waals surface area contributed by atoms with Gasteiger partial charge in [-0.2, -0.15) is 0 Å². The second-order valence-electron chi connectivity index (χ2n) is 4.21. The lowest BCUT2D eigenvalue weighted by molar-refractivity contribution is -0.122. The van der Waals surface area contributed by atoms with Crippen molar-refractivity contribution in [1.29, 1.82) is 0 Å². The molecule has 0 saturated carbocycles. The van der Waals surface area contributed by atoms with Gasteiger partial charge in [-0.25, -0.2) is 4.39 Å². The van der Waals surface area contributed by atoms with Crippen LogP contribution in [0.15, 0.2) is 24.3 Å². The molecule has 0 bridgehead atoms. The molecular weight excluding hydrogens is 207 g/mol. The van der Waals surface area contributed by atoms with Crippen LogP contribution >= 0.6 is 0 Å². The monoisotopic (exact) mass is 222 g/mol. The van der Waals surface area contributed by atoms with Gasteiger partial charge in [-0.3, -0.25) is 4.79 Å². The Morgan fingerprint density at radius 2 is 2.12 bits per heavy atom. The van der Waals surface area contributed by atoms with Crippen LogP contribution in [0.3, 0.4) is 0 Å². The summed E-state index contributed by atoms with van der Waals surface area (Å²) in [5, 5.41) is 3.12. The van der Waals surface area contributed by atoms with Crippen molar-refractivity contribution in [3.63, 3.8) is 0 Å². The largest absolute Gasteiger partial charge is 0.369 e. The summed E-state index contributed by atoms with van der Waals surface area (Å²) in [6.07, 6.45) is 0.628. The van der Waals surface area contributed by atoms with Gasteiger partial charge in [0.25, 0.3) is 0 Å². The van der Waals surface area contributed by atoms with Crippen LogP contribution in [0, 0.1) is 11.7 Å². The molecule has 4 heteroatoms. The zero-order valence-corrected chi connectivity index (χ0v) is 8.95. The molecule has 2 unspecified atom stereocenters. The first-order valence-corrected chi connectivity index (χ1v) is 5.43. The fraction of sp³-hybridized carbons (Fsp3) is 0.417. The molecule has 1 heterocycles. The third-order valence-corrected chi connectivity index (χ3v) is 3.10. The summed E-state index contributed by atoms with van der Waals surface area (Å²) >= 11 is 0. The molecule has 1 fully saturated rings. The average Bonchev–Trinajstić information content (AvgIpc) is 2.30. The van der Waals surface area contributed by atoms with E-state index < -0.39 is 0 Å². The second kappa shape index (κ2) is 4.61. The maximum Gasteiger partial charge on any atom is 0.221 e. The Labute approximate surface area is 93.8 Å². The van der Waals surface area contributed by atoms with Gasteiger partial charge < -0.3 is 11.1 Å². The first-order valence-electron chi connectivity index (χ1n) is 5.43. The van der Waals surface area contributed by atoms with Crippen LogP contribution in [-0.2, 0) is 4.79 Å². The van der Waals surface area contributed by atoms with Crippen molar-refractivity contribution in [3.8, 4) is 0 Å². The smallest absolute Gasteiger partial charge is 0.221 e. The molecular formula is C12H15FN2O. The number of piperidine rings is 1. The highest BCUT2D eigenvalue weighted by Gasteiger charge is 2.27. The van der Waals surface area contributed by atoms with Crippen molar-refractivity contribution in [2.45, 2.75) is 12.3 Å². The number of primary amides is 1. The van der Waals surface area contributed by atoms with Crippen LogP contribution in [0.25, 0.3) is 0 Å². The summed E-state index contributed by atoms with van der Waals surface area (Å²) in [7, 11) is 0. The summed E-state index contributed by atoms with van der Waals surface area (Å²) in [5.74, 6) is -0.682. The first kappa shape index (κ1) is 11.1. The number of halogens is 1. The fourth-order valence-corrected chi connectivity index (χ4v) is 2.20. The molecule has 3 N–H and O–H groups in total. The third kappa shape index (κ3) is 2.22. The van der Waals surface area contributed by atoms with Crippen LogP contribution in [-0.4, -0.2) is 19.0 Å². The van der Waals surface area contributed by atoms with Crippen molar-refractivity contribution < 1.29 is 9.18 Å². The number of rotatable bonds is 2. The number of carbonyl (C=O) groups is 1. The van der Waals surface area contributed by atoms with Crippen molar-refractivity contribution >= 4 is 5.91 Å². The molecule has 0 spiro atoms. The van der Waals surface area contributed by atoms with Crippen molar-refractivity contribution in [2.24, 2.45) is 11.7 Å². The molecule has 16 heavy (non-hydrogen) atoms. The van der Waals surface area contributed by atoms with Gasteiger partial charge in [0, 0.05) is 19.0 Å². The van der Waals surface area contributed by atoms with E-state index in [1.807, 2.05) is 6.07 Å². The van der Waals surface area contributed by atoms with Crippen molar-refractivity contribution in [2.75, 3.05) is 13.1 Å². The number of amides is 1. The highest BCUT2D eigenvalue weighted by Crippen LogP contribution is 2.27. The van der Waals surface area contributed by atoms with E-state index in [2.05, 4.69) is 5.32 Å². The predicted molar refractivity (Wildman–Crippen MR) is 59.3 cm³/mol. The fourth-order valence-electron chi connectivity index (χ4n) is 2.20. The molecule has 0 radical (unpaired) electrons. The summed E-state index contributed by atoms with van der Waals surface area (Å²) in [5.41, 5.74) is 5.94. The Kier molecular flexibility index (Phi) is 3.19. The molecule has 1 aromatic rings. The number of benzene rings is 1. The van der Waals surface area contributed by atoms with Crippen molar-refractivity contribution in [3.05, 3.63) is 35.6 Å². The lowest BCUT2D eigenvalue weighted by Gasteiger charge is -2.28. The van der Waals surface area contributed by atoms with Crippen LogP contribution in [0.1, 0.15) is 17.9 Å². The topological polar surface area (TPSA) is 55.1 Å². The van der Waals surface area contributed by atoms with E-state index in [-0.39, 0.29) is 23.6 Å². The van der Waals surface area contributed by atoms with Gasteiger partial charge in [0.1, 0.15) is 5.82 Å². The minimum atomic E-state index is -0.312. The molecule has 1 amide bonds. The summed E-state index contributed by atoms with van der Waals surface area (Å²) < 4.78 is 13.6. The molecule has 0 aromatic heterocycles. The zero-order chi connectivity index (χ0) is 11.5.